The summed E-state index contributed by atoms with van der Waals surface area (Å²) in [5.74, 6) is -5.05. The second kappa shape index (κ2) is 9.61. The van der Waals surface area contributed by atoms with E-state index in [1.807, 2.05) is 31.2 Å². The largest absolute Gasteiger partial charge is 0.497 e. The minimum absolute atomic E-state index is 0.0771. The summed E-state index contributed by atoms with van der Waals surface area (Å²) >= 11 is 0. The highest BCUT2D eigenvalue weighted by Crippen LogP contribution is 2.33. The highest BCUT2D eigenvalue weighted by atomic mass is 19.3. The fraction of sp³-hybridized carbons (Fsp3) is 0.381. The average Bonchev–Trinajstić information content (AvgIpc) is 2.69. The Morgan fingerprint density at radius 3 is 2.43 bits per heavy atom. The van der Waals surface area contributed by atoms with E-state index in [1.54, 1.807) is 13.2 Å². The van der Waals surface area contributed by atoms with Gasteiger partial charge in [0, 0.05) is 0 Å². The summed E-state index contributed by atoms with van der Waals surface area (Å²) in [5.41, 5.74) is 2.32. The molecule has 0 heterocycles. The number of aliphatic hydroxyl groups excluding tert-OH is 1. The molecular weight excluding hydrogens is 370 g/mol. The summed E-state index contributed by atoms with van der Waals surface area (Å²) in [6.45, 7) is 3.54. The Balaban J connectivity index is 2.06. The van der Waals surface area contributed by atoms with Gasteiger partial charge in [-0.15, -0.1) is 0 Å². The molecule has 2 aromatic carbocycles. The highest BCUT2D eigenvalue weighted by molar-refractivity contribution is 5.78. The first-order valence-corrected chi connectivity index (χ1v) is 8.82. The molecule has 0 radical (unpaired) electrons. The van der Waals surface area contributed by atoms with Crippen LogP contribution in [-0.2, 0) is 27.5 Å². The van der Waals surface area contributed by atoms with Crippen LogP contribution in [0.4, 0.5) is 8.78 Å². The van der Waals surface area contributed by atoms with Crippen molar-refractivity contribution in [2.75, 3.05) is 13.7 Å². The number of hydrogen-bond acceptors (Lipinski definition) is 5. The van der Waals surface area contributed by atoms with Gasteiger partial charge >= 0.3 is 11.9 Å². The van der Waals surface area contributed by atoms with E-state index in [9.17, 15) is 18.7 Å². The van der Waals surface area contributed by atoms with Crippen molar-refractivity contribution in [2.24, 2.45) is 0 Å². The van der Waals surface area contributed by atoms with Crippen LogP contribution in [-0.4, -0.2) is 30.7 Å². The maximum absolute atomic E-state index is 14.1. The molecule has 5 nitrogen and oxygen atoms in total. The molecule has 2 aromatic rings. The van der Waals surface area contributed by atoms with Crippen LogP contribution < -0.4 is 4.74 Å². The van der Waals surface area contributed by atoms with Crippen LogP contribution in [0.25, 0.3) is 0 Å². The van der Waals surface area contributed by atoms with Gasteiger partial charge in [0.2, 0.25) is 0 Å². The summed E-state index contributed by atoms with van der Waals surface area (Å²) in [6.07, 6.45) is -2.30. The smallest absolute Gasteiger partial charge is 0.380 e. The third-order valence-corrected chi connectivity index (χ3v) is 4.27. The number of carbonyl (C=O) groups excluding carboxylic acids is 1. The van der Waals surface area contributed by atoms with Crippen LogP contribution in [0.3, 0.4) is 0 Å². The van der Waals surface area contributed by atoms with Crippen molar-refractivity contribution in [1.82, 2.24) is 0 Å². The number of aryl methyl sites for hydroxylation is 1. The van der Waals surface area contributed by atoms with E-state index in [1.165, 1.54) is 19.1 Å². The third-order valence-electron chi connectivity index (χ3n) is 4.27. The Bertz CT molecular complexity index is 790. The molecule has 0 fully saturated rings. The lowest BCUT2D eigenvalue weighted by atomic mass is 9.98. The molecule has 7 heteroatoms. The molecule has 0 aliphatic carbocycles. The molecule has 0 amide bonds. The Labute approximate surface area is 162 Å². The van der Waals surface area contributed by atoms with Crippen molar-refractivity contribution in [2.45, 2.75) is 39.1 Å². The van der Waals surface area contributed by atoms with Crippen molar-refractivity contribution in [1.29, 1.82) is 0 Å². The van der Waals surface area contributed by atoms with Gasteiger partial charge < -0.3 is 19.3 Å². The Kier molecular flexibility index (Phi) is 7.48. The van der Waals surface area contributed by atoms with E-state index in [0.29, 0.717) is 12.2 Å². The fourth-order valence-electron chi connectivity index (χ4n) is 2.57. The van der Waals surface area contributed by atoms with Crippen LogP contribution in [0, 0.1) is 6.92 Å². The lowest BCUT2D eigenvalue weighted by Gasteiger charge is -2.22. The number of aliphatic hydroxyl groups is 1. The molecular formula is C21H24F2O5. The van der Waals surface area contributed by atoms with Crippen molar-refractivity contribution in [3.63, 3.8) is 0 Å². The van der Waals surface area contributed by atoms with E-state index in [-0.39, 0.29) is 18.8 Å². The molecule has 0 aliphatic heterocycles. The molecule has 0 aliphatic rings. The zero-order valence-electron chi connectivity index (χ0n) is 16.1. The summed E-state index contributed by atoms with van der Waals surface area (Å²) in [5, 5.41) is 10.0. The lowest BCUT2D eigenvalue weighted by Crippen LogP contribution is -2.37. The topological polar surface area (TPSA) is 65.0 Å². The summed E-state index contributed by atoms with van der Waals surface area (Å²) in [4.78, 5) is 11.4. The van der Waals surface area contributed by atoms with Crippen molar-refractivity contribution >= 4 is 5.97 Å². The van der Waals surface area contributed by atoms with Gasteiger partial charge in [0.1, 0.15) is 5.75 Å². The first kappa shape index (κ1) is 21.8. The maximum atomic E-state index is 14.1. The molecule has 0 saturated heterocycles. The quantitative estimate of drug-likeness (QED) is 0.653. The van der Waals surface area contributed by atoms with Crippen LogP contribution >= 0.6 is 0 Å². The van der Waals surface area contributed by atoms with E-state index in [2.05, 4.69) is 4.74 Å². The van der Waals surface area contributed by atoms with Crippen LogP contribution in [0.2, 0.25) is 0 Å². The van der Waals surface area contributed by atoms with Crippen molar-refractivity contribution in [3.05, 3.63) is 64.7 Å². The number of methoxy groups -OCH3 is 1. The maximum Gasteiger partial charge on any atom is 0.380 e. The van der Waals surface area contributed by atoms with E-state index in [0.717, 1.165) is 16.9 Å². The van der Waals surface area contributed by atoms with Gasteiger partial charge in [-0.25, -0.2) is 4.79 Å². The Morgan fingerprint density at radius 2 is 1.82 bits per heavy atom. The van der Waals surface area contributed by atoms with Gasteiger partial charge in [0.15, 0.2) is 6.10 Å². The Morgan fingerprint density at radius 1 is 1.14 bits per heavy atom. The zero-order valence-corrected chi connectivity index (χ0v) is 16.1. The fourth-order valence-corrected chi connectivity index (χ4v) is 2.57. The highest BCUT2D eigenvalue weighted by Gasteiger charge is 2.49. The number of benzene rings is 2. The van der Waals surface area contributed by atoms with Crippen molar-refractivity contribution in [3.8, 4) is 5.75 Å². The predicted molar refractivity (Wildman–Crippen MR) is 99.2 cm³/mol. The molecule has 2 rings (SSSR count). The van der Waals surface area contributed by atoms with Gasteiger partial charge in [-0.05, 0) is 48.2 Å². The zero-order chi connectivity index (χ0) is 20.7. The monoisotopic (exact) mass is 394 g/mol. The summed E-state index contributed by atoms with van der Waals surface area (Å²) in [6, 6.07) is 11.8. The number of carbonyl (C=O) groups is 1. The molecule has 0 spiro atoms. The summed E-state index contributed by atoms with van der Waals surface area (Å²) in [7, 11) is 1.58. The van der Waals surface area contributed by atoms with Gasteiger partial charge in [-0.2, -0.15) is 8.78 Å². The normalized spacial score (nSPS) is 12.5. The van der Waals surface area contributed by atoms with Crippen LogP contribution in [0.15, 0.2) is 42.5 Å². The second-order valence-electron chi connectivity index (χ2n) is 6.27. The number of halogens is 2. The standard InChI is InChI=1S/C21H24F2O5/c1-4-28-20(25)21(22,23)19(24)16-8-5-14(2)17(11-16)13-27-12-15-6-9-18(26-3)10-7-15/h5-11,19,24H,4,12-13H2,1-3H3. The number of esters is 1. The molecule has 28 heavy (non-hydrogen) atoms. The number of ether oxygens (including phenoxy) is 3. The van der Waals surface area contributed by atoms with Crippen molar-refractivity contribution < 1.29 is 32.9 Å². The van der Waals surface area contributed by atoms with Gasteiger partial charge in [0.25, 0.3) is 0 Å². The average molecular weight is 394 g/mol. The first-order valence-electron chi connectivity index (χ1n) is 8.82. The van der Waals surface area contributed by atoms with Crippen LogP contribution in [0.5, 0.6) is 5.75 Å². The molecule has 1 atom stereocenters. The number of hydrogen-bond donors (Lipinski definition) is 1. The van der Waals surface area contributed by atoms with E-state index < -0.39 is 18.0 Å². The molecule has 0 saturated carbocycles. The van der Waals surface area contributed by atoms with Crippen LogP contribution in [0.1, 0.15) is 35.3 Å². The minimum atomic E-state index is -4.04. The molecule has 1 N–H and O–H groups in total. The van der Waals surface area contributed by atoms with Gasteiger partial charge in [0.05, 0.1) is 26.9 Å². The predicted octanol–water partition coefficient (Wildman–Crippen LogP) is 3.95. The lowest BCUT2D eigenvalue weighted by molar-refractivity contribution is -0.189. The second-order valence-corrected chi connectivity index (χ2v) is 6.27. The first-order chi connectivity index (χ1) is 13.3. The Hall–Kier alpha value is -2.51. The van der Waals surface area contributed by atoms with E-state index in [4.69, 9.17) is 9.47 Å². The number of rotatable bonds is 9. The molecule has 0 aromatic heterocycles. The molecule has 1 unspecified atom stereocenters. The minimum Gasteiger partial charge on any atom is -0.497 e. The summed E-state index contributed by atoms with van der Waals surface area (Å²) < 4.78 is 43.3. The molecule has 0 bridgehead atoms. The van der Waals surface area contributed by atoms with Gasteiger partial charge in [-0.3, -0.25) is 0 Å². The number of alkyl halides is 2. The van der Waals surface area contributed by atoms with Gasteiger partial charge in [-0.1, -0.05) is 30.3 Å². The van der Waals surface area contributed by atoms with E-state index >= 15 is 0 Å². The third kappa shape index (κ3) is 5.27. The molecule has 152 valence electrons. The SMILES string of the molecule is CCOC(=O)C(F)(F)C(O)c1ccc(C)c(COCc2ccc(OC)cc2)c1.